The van der Waals surface area contributed by atoms with Crippen LogP contribution in [0.4, 0.5) is 4.39 Å². The van der Waals surface area contributed by atoms with Crippen LogP contribution in [0, 0.1) is 11.7 Å². The molecule has 0 radical (unpaired) electrons. The van der Waals surface area contributed by atoms with E-state index in [1.807, 2.05) is 13.8 Å². The van der Waals surface area contributed by atoms with Gasteiger partial charge in [-0.15, -0.1) is 0 Å². The van der Waals surface area contributed by atoms with Gasteiger partial charge in [-0.1, -0.05) is 42.6 Å². The maximum atomic E-state index is 14.1. The molecule has 1 N–H and O–H groups in total. The highest BCUT2D eigenvalue weighted by Gasteiger charge is 2.25. The number of rotatable bonds is 5. The molecule has 96 valence electrons. The van der Waals surface area contributed by atoms with Gasteiger partial charge in [0.25, 0.3) is 0 Å². The van der Waals surface area contributed by atoms with E-state index in [1.54, 1.807) is 12.1 Å². The Kier molecular flexibility index (Phi) is 5.40. The van der Waals surface area contributed by atoms with Crippen molar-refractivity contribution in [3.05, 3.63) is 28.0 Å². The van der Waals surface area contributed by atoms with E-state index in [1.165, 1.54) is 7.11 Å². The highest BCUT2D eigenvalue weighted by Crippen LogP contribution is 2.37. The average Bonchev–Trinajstić information content (AvgIpc) is 2.31. The highest BCUT2D eigenvalue weighted by atomic mass is 79.9. The molecule has 1 aromatic rings. The number of aliphatic hydroxyl groups is 1. The van der Waals surface area contributed by atoms with Crippen LogP contribution in [-0.2, 0) is 0 Å². The van der Waals surface area contributed by atoms with Crippen molar-refractivity contribution >= 4 is 15.9 Å². The van der Waals surface area contributed by atoms with Gasteiger partial charge in [0.2, 0.25) is 0 Å². The number of benzene rings is 1. The highest BCUT2D eigenvalue weighted by molar-refractivity contribution is 9.10. The fourth-order valence-corrected chi connectivity index (χ4v) is 2.49. The summed E-state index contributed by atoms with van der Waals surface area (Å²) in [5, 5.41) is 10.2. The van der Waals surface area contributed by atoms with Crippen molar-refractivity contribution in [1.82, 2.24) is 0 Å². The van der Waals surface area contributed by atoms with E-state index in [0.29, 0.717) is 4.47 Å². The van der Waals surface area contributed by atoms with Crippen LogP contribution < -0.4 is 4.74 Å². The van der Waals surface area contributed by atoms with Gasteiger partial charge in [-0.2, -0.15) is 0 Å². The fourth-order valence-electron chi connectivity index (χ4n) is 1.95. The molecule has 1 atom stereocenters. The molecule has 0 saturated carbocycles. The van der Waals surface area contributed by atoms with Gasteiger partial charge in [0.05, 0.1) is 13.2 Å². The maximum absolute atomic E-state index is 14.1. The standard InChI is InChI=1S/C13H18BrFO2/c1-4-8(5-2)13(16)11-9(14)6-7-10(17-3)12(11)15/h6-8,13,16H,4-5H2,1-3H3. The first kappa shape index (κ1) is 14.5. The molecule has 0 fully saturated rings. The second kappa shape index (κ2) is 6.36. The third-order valence-electron chi connectivity index (χ3n) is 3.10. The van der Waals surface area contributed by atoms with E-state index in [4.69, 9.17) is 4.74 Å². The van der Waals surface area contributed by atoms with Crippen molar-refractivity contribution in [2.24, 2.45) is 5.92 Å². The first-order valence-electron chi connectivity index (χ1n) is 5.76. The van der Waals surface area contributed by atoms with Crippen LogP contribution in [0.1, 0.15) is 38.4 Å². The molecule has 0 amide bonds. The zero-order valence-electron chi connectivity index (χ0n) is 10.3. The largest absolute Gasteiger partial charge is 0.494 e. The van der Waals surface area contributed by atoms with Gasteiger partial charge in [0.1, 0.15) is 0 Å². The summed E-state index contributed by atoms with van der Waals surface area (Å²) in [4.78, 5) is 0. The number of aliphatic hydroxyl groups excluding tert-OH is 1. The molecule has 1 unspecified atom stereocenters. The second-order valence-corrected chi connectivity index (χ2v) is 4.85. The van der Waals surface area contributed by atoms with Crippen molar-refractivity contribution < 1.29 is 14.2 Å². The van der Waals surface area contributed by atoms with Crippen molar-refractivity contribution in [1.29, 1.82) is 0 Å². The van der Waals surface area contributed by atoms with Gasteiger partial charge < -0.3 is 9.84 Å². The van der Waals surface area contributed by atoms with Crippen LogP contribution in [0.25, 0.3) is 0 Å². The lowest BCUT2D eigenvalue weighted by molar-refractivity contribution is 0.0982. The van der Waals surface area contributed by atoms with Crippen LogP contribution in [0.15, 0.2) is 16.6 Å². The number of ether oxygens (including phenoxy) is 1. The summed E-state index contributed by atoms with van der Waals surface area (Å²) in [5.41, 5.74) is 0.290. The van der Waals surface area contributed by atoms with E-state index in [-0.39, 0.29) is 17.2 Å². The van der Waals surface area contributed by atoms with E-state index in [0.717, 1.165) is 12.8 Å². The minimum Gasteiger partial charge on any atom is -0.494 e. The molecule has 4 heteroatoms. The molecule has 0 bridgehead atoms. The fraction of sp³-hybridized carbons (Fsp3) is 0.538. The molecule has 0 aliphatic carbocycles. The molecule has 0 heterocycles. The summed E-state index contributed by atoms with van der Waals surface area (Å²) in [6, 6.07) is 3.24. The summed E-state index contributed by atoms with van der Waals surface area (Å²) in [7, 11) is 1.42. The summed E-state index contributed by atoms with van der Waals surface area (Å²) < 4.78 is 19.6. The Balaban J connectivity index is 3.19. The summed E-state index contributed by atoms with van der Waals surface area (Å²) in [6.45, 7) is 3.98. The SMILES string of the molecule is CCC(CC)C(O)c1c(Br)ccc(OC)c1F. The molecule has 1 aromatic carbocycles. The third kappa shape index (κ3) is 2.99. The van der Waals surface area contributed by atoms with Crippen LogP contribution in [0.2, 0.25) is 0 Å². The van der Waals surface area contributed by atoms with E-state index in [2.05, 4.69) is 15.9 Å². The number of hydrogen-bond acceptors (Lipinski definition) is 2. The van der Waals surface area contributed by atoms with Crippen LogP contribution in [0.3, 0.4) is 0 Å². The molecule has 0 aromatic heterocycles. The minimum absolute atomic E-state index is 0.0490. The number of methoxy groups -OCH3 is 1. The first-order valence-corrected chi connectivity index (χ1v) is 6.55. The maximum Gasteiger partial charge on any atom is 0.171 e. The summed E-state index contributed by atoms with van der Waals surface area (Å²) >= 11 is 3.28. The molecule has 1 rings (SSSR count). The van der Waals surface area contributed by atoms with Crippen molar-refractivity contribution in [3.8, 4) is 5.75 Å². The zero-order chi connectivity index (χ0) is 13.0. The zero-order valence-corrected chi connectivity index (χ0v) is 11.9. The van der Waals surface area contributed by atoms with Crippen molar-refractivity contribution in [2.75, 3.05) is 7.11 Å². The molecule has 0 spiro atoms. The van der Waals surface area contributed by atoms with E-state index >= 15 is 0 Å². The first-order chi connectivity index (χ1) is 8.06. The smallest absolute Gasteiger partial charge is 0.171 e. The molecular weight excluding hydrogens is 287 g/mol. The van der Waals surface area contributed by atoms with Gasteiger partial charge in [-0.25, -0.2) is 4.39 Å². The normalized spacial score (nSPS) is 12.9. The Labute approximate surface area is 110 Å². The number of halogens is 2. The second-order valence-electron chi connectivity index (χ2n) is 4.00. The van der Waals surface area contributed by atoms with Crippen LogP contribution in [0.5, 0.6) is 5.75 Å². The van der Waals surface area contributed by atoms with Crippen molar-refractivity contribution in [3.63, 3.8) is 0 Å². The monoisotopic (exact) mass is 304 g/mol. The van der Waals surface area contributed by atoms with E-state index < -0.39 is 11.9 Å². The molecular formula is C13H18BrFO2. The van der Waals surface area contributed by atoms with Crippen LogP contribution in [-0.4, -0.2) is 12.2 Å². The third-order valence-corrected chi connectivity index (χ3v) is 3.79. The molecule has 0 saturated heterocycles. The predicted octanol–water partition coefficient (Wildman–Crippen LogP) is 4.07. The van der Waals surface area contributed by atoms with Crippen LogP contribution >= 0.6 is 15.9 Å². The van der Waals surface area contributed by atoms with Gasteiger partial charge in [0.15, 0.2) is 11.6 Å². The van der Waals surface area contributed by atoms with E-state index in [9.17, 15) is 9.50 Å². The lowest BCUT2D eigenvalue weighted by Crippen LogP contribution is -2.13. The Morgan fingerprint density at radius 3 is 2.41 bits per heavy atom. The van der Waals surface area contributed by atoms with Gasteiger partial charge in [-0.05, 0) is 18.1 Å². The van der Waals surface area contributed by atoms with Gasteiger partial charge in [0, 0.05) is 10.0 Å². The molecule has 0 aliphatic heterocycles. The summed E-state index contributed by atoms with van der Waals surface area (Å²) in [6.07, 6.45) is 0.802. The Hall–Kier alpha value is -0.610. The quantitative estimate of drug-likeness (QED) is 0.888. The van der Waals surface area contributed by atoms with Gasteiger partial charge in [-0.3, -0.25) is 0 Å². The lowest BCUT2D eigenvalue weighted by Gasteiger charge is -2.22. The molecule has 2 nitrogen and oxygen atoms in total. The molecule has 17 heavy (non-hydrogen) atoms. The topological polar surface area (TPSA) is 29.5 Å². The summed E-state index contributed by atoms with van der Waals surface area (Å²) in [5.74, 6) is -0.276. The lowest BCUT2D eigenvalue weighted by atomic mass is 9.91. The Morgan fingerprint density at radius 2 is 1.94 bits per heavy atom. The molecule has 0 aliphatic rings. The minimum atomic E-state index is -0.811. The van der Waals surface area contributed by atoms with Gasteiger partial charge >= 0.3 is 0 Å². The predicted molar refractivity (Wildman–Crippen MR) is 69.7 cm³/mol. The Morgan fingerprint density at radius 1 is 1.35 bits per heavy atom. The Bertz CT molecular complexity index is 378. The number of hydrogen-bond donors (Lipinski definition) is 1. The van der Waals surface area contributed by atoms with Crippen molar-refractivity contribution in [2.45, 2.75) is 32.8 Å². The average molecular weight is 305 g/mol.